The highest BCUT2D eigenvalue weighted by Crippen LogP contribution is 2.33. The number of carbonyl (C=O) groups is 1. The Morgan fingerprint density at radius 3 is 2.54 bits per heavy atom. The molecule has 0 radical (unpaired) electrons. The van der Waals surface area contributed by atoms with Gasteiger partial charge in [-0.3, -0.25) is 9.69 Å². The summed E-state index contributed by atoms with van der Waals surface area (Å²) in [5.74, 6) is -0.0530. The number of fused-ring (bicyclic) bond motifs is 2. The molecule has 4 rings (SSSR count). The van der Waals surface area contributed by atoms with Crippen LogP contribution in [0.3, 0.4) is 0 Å². The third-order valence-corrected chi connectivity index (χ3v) is 5.95. The quantitative estimate of drug-likeness (QED) is 0.448. The van der Waals surface area contributed by atoms with Crippen molar-refractivity contribution in [2.45, 2.75) is 0 Å². The summed E-state index contributed by atoms with van der Waals surface area (Å²) in [6.07, 6.45) is 0. The van der Waals surface area contributed by atoms with E-state index in [-0.39, 0.29) is 5.91 Å². The number of hydrogen-bond donors (Lipinski definition) is 0. The fourth-order valence-corrected chi connectivity index (χ4v) is 4.37. The van der Waals surface area contributed by atoms with E-state index in [9.17, 15) is 4.79 Å². The molecule has 0 spiro atoms. The lowest BCUT2D eigenvalue weighted by Gasteiger charge is -2.22. The standard InChI is InChI=1S/C22H20ClN3OS/c1-25(2)12-13-26(22-24-20-18(23)8-5-9-19(20)28-22)21(27)17-11-10-15-6-3-4-7-16(15)14-17/h3-11,14H,12-13H2,1-2H3. The third kappa shape index (κ3) is 3.74. The van der Waals surface area contributed by atoms with Gasteiger partial charge in [-0.1, -0.05) is 59.3 Å². The summed E-state index contributed by atoms with van der Waals surface area (Å²) in [7, 11) is 3.99. The minimum Gasteiger partial charge on any atom is -0.308 e. The van der Waals surface area contributed by atoms with E-state index >= 15 is 0 Å². The number of amides is 1. The molecule has 0 aliphatic heterocycles. The monoisotopic (exact) mass is 409 g/mol. The van der Waals surface area contributed by atoms with E-state index in [2.05, 4.69) is 9.88 Å². The van der Waals surface area contributed by atoms with E-state index in [0.717, 1.165) is 27.5 Å². The normalized spacial score (nSPS) is 11.4. The Balaban J connectivity index is 1.75. The first kappa shape index (κ1) is 18.9. The van der Waals surface area contributed by atoms with E-state index in [4.69, 9.17) is 11.6 Å². The fraction of sp³-hybridized carbons (Fsp3) is 0.182. The van der Waals surface area contributed by atoms with Gasteiger partial charge >= 0.3 is 0 Å². The maximum atomic E-state index is 13.4. The number of para-hydroxylation sites is 1. The largest absolute Gasteiger partial charge is 0.308 e. The second kappa shape index (κ2) is 7.87. The molecular weight excluding hydrogens is 390 g/mol. The van der Waals surface area contributed by atoms with Crippen molar-refractivity contribution < 1.29 is 4.79 Å². The molecule has 0 atom stereocenters. The Hall–Kier alpha value is -2.47. The summed E-state index contributed by atoms with van der Waals surface area (Å²) in [6.45, 7) is 1.29. The Kier molecular flexibility index (Phi) is 5.31. The molecule has 6 heteroatoms. The molecule has 1 aromatic heterocycles. The summed E-state index contributed by atoms with van der Waals surface area (Å²) in [6, 6.07) is 19.6. The second-order valence-corrected chi connectivity index (χ2v) is 8.32. The van der Waals surface area contributed by atoms with Crippen molar-refractivity contribution in [3.63, 3.8) is 0 Å². The van der Waals surface area contributed by atoms with Crippen molar-refractivity contribution in [2.75, 3.05) is 32.1 Å². The lowest BCUT2D eigenvalue weighted by molar-refractivity contribution is 0.0985. The van der Waals surface area contributed by atoms with Crippen LogP contribution in [0.15, 0.2) is 60.7 Å². The minimum atomic E-state index is -0.0530. The van der Waals surface area contributed by atoms with Crippen LogP contribution in [-0.4, -0.2) is 43.0 Å². The van der Waals surface area contributed by atoms with Gasteiger partial charge in [0.05, 0.1) is 9.72 Å². The zero-order valence-electron chi connectivity index (χ0n) is 15.7. The van der Waals surface area contributed by atoms with Crippen LogP contribution in [-0.2, 0) is 0 Å². The van der Waals surface area contributed by atoms with E-state index in [1.807, 2.05) is 74.8 Å². The zero-order valence-corrected chi connectivity index (χ0v) is 17.3. The average molecular weight is 410 g/mol. The molecule has 142 valence electrons. The highest BCUT2D eigenvalue weighted by atomic mass is 35.5. The van der Waals surface area contributed by atoms with E-state index in [1.165, 1.54) is 11.3 Å². The van der Waals surface area contributed by atoms with Gasteiger partial charge in [-0.2, -0.15) is 0 Å². The molecular formula is C22H20ClN3OS. The first-order valence-corrected chi connectivity index (χ1v) is 10.2. The van der Waals surface area contributed by atoms with Crippen LogP contribution in [0.1, 0.15) is 10.4 Å². The van der Waals surface area contributed by atoms with Crippen molar-refractivity contribution in [3.8, 4) is 0 Å². The number of benzene rings is 3. The highest BCUT2D eigenvalue weighted by molar-refractivity contribution is 7.22. The number of rotatable bonds is 5. The number of likely N-dealkylation sites (N-methyl/N-ethyl adjacent to an activating group) is 1. The summed E-state index contributed by atoms with van der Waals surface area (Å²) in [4.78, 5) is 21.9. The number of anilines is 1. The van der Waals surface area contributed by atoms with Gasteiger partial charge in [0.15, 0.2) is 5.13 Å². The van der Waals surface area contributed by atoms with Crippen LogP contribution < -0.4 is 4.90 Å². The van der Waals surface area contributed by atoms with Crippen molar-refractivity contribution in [3.05, 3.63) is 71.2 Å². The van der Waals surface area contributed by atoms with Crippen LogP contribution >= 0.6 is 22.9 Å². The highest BCUT2D eigenvalue weighted by Gasteiger charge is 2.22. The summed E-state index contributed by atoms with van der Waals surface area (Å²) in [5.41, 5.74) is 1.40. The van der Waals surface area contributed by atoms with E-state index in [1.54, 1.807) is 4.90 Å². The van der Waals surface area contributed by atoms with Crippen LogP contribution in [0, 0.1) is 0 Å². The number of thiazole rings is 1. The zero-order chi connectivity index (χ0) is 19.7. The molecule has 3 aromatic carbocycles. The van der Waals surface area contributed by atoms with Gasteiger partial charge in [0, 0.05) is 18.7 Å². The molecule has 0 saturated heterocycles. The average Bonchev–Trinajstić information content (AvgIpc) is 3.12. The van der Waals surface area contributed by atoms with Gasteiger partial charge < -0.3 is 4.90 Å². The van der Waals surface area contributed by atoms with Crippen LogP contribution in [0.5, 0.6) is 0 Å². The molecule has 0 bridgehead atoms. The van der Waals surface area contributed by atoms with Crippen LogP contribution in [0.25, 0.3) is 21.0 Å². The maximum absolute atomic E-state index is 13.4. The van der Waals surface area contributed by atoms with Crippen molar-refractivity contribution in [1.29, 1.82) is 0 Å². The van der Waals surface area contributed by atoms with Gasteiger partial charge in [-0.25, -0.2) is 4.98 Å². The molecule has 0 aliphatic carbocycles. The molecule has 0 saturated carbocycles. The topological polar surface area (TPSA) is 36.4 Å². The summed E-state index contributed by atoms with van der Waals surface area (Å²) < 4.78 is 0.976. The molecule has 0 N–H and O–H groups in total. The molecule has 4 nitrogen and oxygen atoms in total. The summed E-state index contributed by atoms with van der Waals surface area (Å²) in [5, 5.41) is 3.44. The molecule has 1 amide bonds. The number of carbonyl (C=O) groups excluding carboxylic acids is 1. The molecule has 1 heterocycles. The Labute approximate surface area is 173 Å². The molecule has 0 unspecified atom stereocenters. The van der Waals surface area contributed by atoms with Gasteiger partial charge in [0.2, 0.25) is 0 Å². The number of nitrogens with zero attached hydrogens (tertiary/aromatic N) is 3. The van der Waals surface area contributed by atoms with Gasteiger partial charge in [0.1, 0.15) is 5.52 Å². The lowest BCUT2D eigenvalue weighted by Crippen LogP contribution is -2.36. The Bertz CT molecular complexity index is 1150. The molecule has 28 heavy (non-hydrogen) atoms. The molecule has 4 aromatic rings. The number of halogens is 1. The van der Waals surface area contributed by atoms with Gasteiger partial charge in [-0.05, 0) is 49.1 Å². The predicted octanol–water partition coefficient (Wildman–Crippen LogP) is 5.31. The smallest absolute Gasteiger partial charge is 0.260 e. The molecule has 0 aliphatic rings. The van der Waals surface area contributed by atoms with Crippen molar-refractivity contribution in [2.24, 2.45) is 0 Å². The van der Waals surface area contributed by atoms with Crippen LogP contribution in [0.4, 0.5) is 5.13 Å². The number of hydrogen-bond acceptors (Lipinski definition) is 4. The third-order valence-electron chi connectivity index (χ3n) is 4.60. The SMILES string of the molecule is CN(C)CCN(C(=O)c1ccc2ccccc2c1)c1nc2c(Cl)cccc2s1. The Morgan fingerprint density at radius 1 is 1.00 bits per heavy atom. The second-order valence-electron chi connectivity index (χ2n) is 6.91. The molecule has 0 fully saturated rings. The first-order chi connectivity index (χ1) is 13.5. The van der Waals surface area contributed by atoms with E-state index < -0.39 is 0 Å². The summed E-state index contributed by atoms with van der Waals surface area (Å²) >= 11 is 7.79. The van der Waals surface area contributed by atoms with Crippen molar-refractivity contribution in [1.82, 2.24) is 9.88 Å². The number of aromatic nitrogens is 1. The maximum Gasteiger partial charge on any atom is 0.260 e. The fourth-order valence-electron chi connectivity index (χ4n) is 3.08. The van der Waals surface area contributed by atoms with Crippen molar-refractivity contribution >= 4 is 55.0 Å². The lowest BCUT2D eigenvalue weighted by atomic mass is 10.1. The van der Waals surface area contributed by atoms with Gasteiger partial charge in [0.25, 0.3) is 5.91 Å². The van der Waals surface area contributed by atoms with Gasteiger partial charge in [-0.15, -0.1) is 0 Å². The Morgan fingerprint density at radius 2 is 1.79 bits per heavy atom. The van der Waals surface area contributed by atoms with E-state index in [0.29, 0.717) is 22.3 Å². The predicted molar refractivity (Wildman–Crippen MR) is 119 cm³/mol. The first-order valence-electron chi connectivity index (χ1n) is 9.03. The minimum absolute atomic E-state index is 0.0530. The van der Waals surface area contributed by atoms with Crippen LogP contribution in [0.2, 0.25) is 5.02 Å².